The number of nitrogens with one attached hydrogen (secondary N) is 2. The van der Waals surface area contributed by atoms with Crippen molar-refractivity contribution in [1.82, 2.24) is 20.5 Å². The van der Waals surface area contributed by atoms with Crippen molar-refractivity contribution >= 4 is 5.96 Å². The van der Waals surface area contributed by atoms with Crippen LogP contribution in [0.25, 0.3) is 0 Å². The van der Waals surface area contributed by atoms with Crippen molar-refractivity contribution in [3.63, 3.8) is 0 Å². The topological polar surface area (TPSA) is 71.0 Å². The van der Waals surface area contributed by atoms with Gasteiger partial charge in [0, 0.05) is 46.0 Å². The predicted molar refractivity (Wildman–Crippen MR) is 124 cm³/mol. The second-order valence-electron chi connectivity index (χ2n) is 8.21. The summed E-state index contributed by atoms with van der Waals surface area (Å²) in [5.41, 5.74) is 2.03. The lowest BCUT2D eigenvalue weighted by molar-refractivity contribution is -0.0284. The van der Waals surface area contributed by atoms with E-state index in [1.54, 1.807) is 13.2 Å². The van der Waals surface area contributed by atoms with Gasteiger partial charge in [-0.3, -0.25) is 14.9 Å². The molecule has 0 radical (unpaired) electrons. The molecule has 2 N–H and O–H groups in total. The van der Waals surface area contributed by atoms with Crippen LogP contribution in [0.4, 0.5) is 0 Å². The van der Waals surface area contributed by atoms with Crippen molar-refractivity contribution in [1.29, 1.82) is 0 Å². The molecule has 31 heavy (non-hydrogen) atoms. The molecule has 0 aliphatic carbocycles. The van der Waals surface area contributed by atoms with Gasteiger partial charge in [0.05, 0.1) is 18.4 Å². The lowest BCUT2D eigenvalue weighted by Crippen LogP contribution is -2.50. The highest BCUT2D eigenvalue weighted by molar-refractivity contribution is 5.79. The fraction of sp³-hybridized carbons (Fsp3) is 0.500. The van der Waals surface area contributed by atoms with Crippen LogP contribution in [0.15, 0.2) is 53.7 Å². The highest BCUT2D eigenvalue weighted by atomic mass is 16.5. The van der Waals surface area contributed by atoms with Crippen molar-refractivity contribution < 1.29 is 9.47 Å². The first-order chi connectivity index (χ1) is 15.1. The Labute approximate surface area is 185 Å². The second kappa shape index (κ2) is 12.3. The number of aromatic nitrogens is 1. The molecule has 1 aromatic carbocycles. The van der Waals surface area contributed by atoms with E-state index in [1.807, 2.05) is 36.4 Å². The summed E-state index contributed by atoms with van der Waals surface area (Å²) in [4.78, 5) is 11.1. The maximum absolute atomic E-state index is 5.92. The van der Waals surface area contributed by atoms with Gasteiger partial charge in [-0.2, -0.15) is 0 Å². The van der Waals surface area contributed by atoms with E-state index < -0.39 is 0 Å². The molecule has 168 valence electrons. The molecule has 7 nitrogen and oxygen atoms in total. The quantitative estimate of drug-likeness (QED) is 0.476. The Bertz CT molecular complexity index is 813. The van der Waals surface area contributed by atoms with E-state index in [-0.39, 0.29) is 6.10 Å². The summed E-state index contributed by atoms with van der Waals surface area (Å²) >= 11 is 0. The molecular weight excluding hydrogens is 390 g/mol. The normalized spacial score (nSPS) is 17.5. The van der Waals surface area contributed by atoms with Crippen LogP contribution in [0.2, 0.25) is 0 Å². The summed E-state index contributed by atoms with van der Waals surface area (Å²) < 4.78 is 11.8. The molecule has 1 aliphatic rings. The predicted octanol–water partition coefficient (Wildman–Crippen LogP) is 2.68. The Morgan fingerprint density at radius 1 is 1.26 bits per heavy atom. The third-order valence-electron chi connectivity index (χ3n) is 5.04. The van der Waals surface area contributed by atoms with Crippen LogP contribution >= 0.6 is 0 Å². The summed E-state index contributed by atoms with van der Waals surface area (Å²) in [6.07, 6.45) is 1.95. The monoisotopic (exact) mass is 425 g/mol. The molecule has 1 saturated heterocycles. The molecule has 0 saturated carbocycles. The van der Waals surface area contributed by atoms with Crippen LogP contribution < -0.4 is 15.4 Å². The van der Waals surface area contributed by atoms with Gasteiger partial charge in [0.15, 0.2) is 5.96 Å². The molecule has 3 rings (SSSR count). The fourth-order valence-corrected chi connectivity index (χ4v) is 3.59. The minimum absolute atomic E-state index is 0.175. The largest absolute Gasteiger partial charge is 0.487 e. The molecule has 7 heteroatoms. The summed E-state index contributed by atoms with van der Waals surface area (Å²) in [7, 11) is 1.79. The standard InChI is InChI=1S/C24H35N5O2/c1-19(2)16-29-11-12-30-23(17-29)15-28-24(25-3)27-14-20-7-6-9-22(13-20)31-18-21-8-4-5-10-26-21/h4-10,13,19,23H,11-12,14-18H2,1-3H3,(H2,25,27,28). The maximum Gasteiger partial charge on any atom is 0.191 e. The molecule has 0 amide bonds. The zero-order valence-electron chi connectivity index (χ0n) is 18.9. The number of guanidine groups is 1. The maximum atomic E-state index is 5.92. The molecule has 0 spiro atoms. The van der Waals surface area contributed by atoms with Gasteiger partial charge >= 0.3 is 0 Å². The number of rotatable bonds is 9. The molecule has 1 aliphatic heterocycles. The van der Waals surface area contributed by atoms with Gasteiger partial charge in [-0.25, -0.2) is 0 Å². The second-order valence-corrected chi connectivity index (χ2v) is 8.21. The lowest BCUT2D eigenvalue weighted by atomic mass is 10.2. The SMILES string of the molecule is CN=C(NCc1cccc(OCc2ccccn2)c1)NCC1CN(CC(C)C)CCO1. The molecule has 2 heterocycles. The van der Waals surface area contributed by atoms with E-state index in [0.717, 1.165) is 55.8 Å². The number of nitrogens with zero attached hydrogens (tertiary/aromatic N) is 3. The van der Waals surface area contributed by atoms with Gasteiger partial charge in [0.1, 0.15) is 12.4 Å². The van der Waals surface area contributed by atoms with Gasteiger partial charge < -0.3 is 20.1 Å². The van der Waals surface area contributed by atoms with Crippen molar-refractivity contribution in [2.45, 2.75) is 33.1 Å². The Hall–Kier alpha value is -2.64. The number of pyridine rings is 1. The lowest BCUT2D eigenvalue weighted by Gasteiger charge is -2.34. The molecular formula is C24H35N5O2. The third-order valence-corrected chi connectivity index (χ3v) is 5.04. The van der Waals surface area contributed by atoms with E-state index >= 15 is 0 Å². The van der Waals surface area contributed by atoms with Crippen LogP contribution in [0.1, 0.15) is 25.1 Å². The Kier molecular flexibility index (Phi) is 9.12. The van der Waals surface area contributed by atoms with Crippen LogP contribution in [0, 0.1) is 5.92 Å². The zero-order chi connectivity index (χ0) is 21.9. The molecule has 2 aromatic rings. The van der Waals surface area contributed by atoms with E-state index in [9.17, 15) is 0 Å². The Morgan fingerprint density at radius 3 is 2.94 bits per heavy atom. The minimum atomic E-state index is 0.175. The number of hydrogen-bond acceptors (Lipinski definition) is 5. The average Bonchev–Trinajstić information content (AvgIpc) is 2.79. The molecule has 1 fully saturated rings. The van der Waals surface area contributed by atoms with E-state index in [0.29, 0.717) is 19.1 Å². The first kappa shape index (κ1) is 23.0. The van der Waals surface area contributed by atoms with E-state index in [1.165, 1.54) is 0 Å². The van der Waals surface area contributed by atoms with Crippen LogP contribution in [0.3, 0.4) is 0 Å². The first-order valence-corrected chi connectivity index (χ1v) is 11.0. The molecule has 1 unspecified atom stereocenters. The van der Waals surface area contributed by atoms with Gasteiger partial charge in [-0.05, 0) is 35.7 Å². The fourth-order valence-electron chi connectivity index (χ4n) is 3.59. The summed E-state index contributed by atoms with van der Waals surface area (Å²) in [5.74, 6) is 2.27. The van der Waals surface area contributed by atoms with Crippen LogP contribution in [-0.4, -0.2) is 61.8 Å². The van der Waals surface area contributed by atoms with Gasteiger partial charge in [0.25, 0.3) is 0 Å². The highest BCUT2D eigenvalue weighted by Gasteiger charge is 2.21. The molecule has 0 bridgehead atoms. The number of aliphatic imine (C=N–C) groups is 1. The number of ether oxygens (including phenoxy) is 2. The van der Waals surface area contributed by atoms with Crippen LogP contribution in [-0.2, 0) is 17.9 Å². The highest BCUT2D eigenvalue weighted by Crippen LogP contribution is 2.15. The van der Waals surface area contributed by atoms with E-state index in [2.05, 4.69) is 45.4 Å². The van der Waals surface area contributed by atoms with E-state index in [4.69, 9.17) is 9.47 Å². The molecule has 1 atom stereocenters. The summed E-state index contributed by atoms with van der Waals surface area (Å²) in [5, 5.41) is 6.76. The van der Waals surface area contributed by atoms with Crippen molar-refractivity contribution in [2.75, 3.05) is 39.8 Å². The van der Waals surface area contributed by atoms with Gasteiger partial charge in [-0.15, -0.1) is 0 Å². The van der Waals surface area contributed by atoms with Crippen molar-refractivity contribution in [3.8, 4) is 5.75 Å². The third kappa shape index (κ3) is 8.19. The minimum Gasteiger partial charge on any atom is -0.487 e. The number of morpholine rings is 1. The summed E-state index contributed by atoms with van der Waals surface area (Å²) in [6, 6.07) is 13.9. The number of benzene rings is 1. The summed E-state index contributed by atoms with van der Waals surface area (Å²) in [6.45, 7) is 10.2. The van der Waals surface area contributed by atoms with Crippen molar-refractivity contribution in [2.24, 2.45) is 10.9 Å². The molecule has 1 aromatic heterocycles. The van der Waals surface area contributed by atoms with Gasteiger partial charge in [0.2, 0.25) is 0 Å². The van der Waals surface area contributed by atoms with Gasteiger partial charge in [-0.1, -0.05) is 32.0 Å². The Balaban J connectivity index is 1.43. The Morgan fingerprint density at radius 2 is 2.16 bits per heavy atom. The smallest absolute Gasteiger partial charge is 0.191 e. The first-order valence-electron chi connectivity index (χ1n) is 11.0. The van der Waals surface area contributed by atoms with Crippen molar-refractivity contribution in [3.05, 3.63) is 59.9 Å². The number of hydrogen-bond donors (Lipinski definition) is 2. The van der Waals surface area contributed by atoms with Crippen LogP contribution in [0.5, 0.6) is 5.75 Å². The zero-order valence-corrected chi connectivity index (χ0v) is 18.9. The average molecular weight is 426 g/mol.